The summed E-state index contributed by atoms with van der Waals surface area (Å²) in [5.41, 5.74) is 4.07. The molecule has 0 N–H and O–H groups in total. The number of fused-ring (bicyclic) bond motifs is 1. The fraction of sp³-hybridized carbons (Fsp3) is 0.174. The summed E-state index contributed by atoms with van der Waals surface area (Å²) in [4.78, 5) is 9.00. The molecule has 2 aromatic carbocycles. The van der Waals surface area contributed by atoms with Gasteiger partial charge in [0.25, 0.3) is 0 Å². The van der Waals surface area contributed by atoms with Crippen LogP contribution in [0.3, 0.4) is 0 Å². The van der Waals surface area contributed by atoms with Gasteiger partial charge in [-0.05, 0) is 60.4 Å². The fourth-order valence-corrected chi connectivity index (χ4v) is 4.54. The van der Waals surface area contributed by atoms with Crippen molar-refractivity contribution in [3.63, 3.8) is 0 Å². The predicted octanol–water partition coefficient (Wildman–Crippen LogP) is 4.71. The zero-order valence-corrected chi connectivity index (χ0v) is 18.1. The number of aliphatic imine (C=N–C) groups is 1. The van der Waals surface area contributed by atoms with Gasteiger partial charge in [0.2, 0.25) is 0 Å². The number of hydrazine groups is 1. The molecule has 0 unspecified atom stereocenters. The van der Waals surface area contributed by atoms with Crippen LogP contribution in [0.5, 0.6) is 0 Å². The van der Waals surface area contributed by atoms with Crippen LogP contribution in [0.25, 0.3) is 21.8 Å². The minimum atomic E-state index is -0.236. The van der Waals surface area contributed by atoms with E-state index in [9.17, 15) is 4.39 Å². The number of halogens is 1. The van der Waals surface area contributed by atoms with Gasteiger partial charge in [0.1, 0.15) is 11.7 Å². The van der Waals surface area contributed by atoms with E-state index in [1.165, 1.54) is 23.7 Å². The van der Waals surface area contributed by atoms with Gasteiger partial charge in [-0.1, -0.05) is 12.1 Å². The van der Waals surface area contributed by atoms with Gasteiger partial charge in [-0.3, -0.25) is 15.0 Å². The Morgan fingerprint density at radius 3 is 2.71 bits per heavy atom. The van der Waals surface area contributed by atoms with Crippen LogP contribution in [0, 0.1) is 12.7 Å². The molecular weight excluding hydrogens is 411 g/mol. The highest BCUT2D eigenvalue weighted by molar-refractivity contribution is 7.13. The van der Waals surface area contributed by atoms with Crippen LogP contribution in [0.4, 0.5) is 10.1 Å². The third-order valence-electron chi connectivity index (χ3n) is 5.34. The molecule has 31 heavy (non-hydrogen) atoms. The van der Waals surface area contributed by atoms with Gasteiger partial charge in [0.05, 0.1) is 41.2 Å². The summed E-state index contributed by atoms with van der Waals surface area (Å²) in [5.74, 6) is 0.612. The van der Waals surface area contributed by atoms with E-state index in [1.54, 1.807) is 12.1 Å². The van der Waals surface area contributed by atoms with E-state index in [0.717, 1.165) is 45.1 Å². The number of benzene rings is 2. The van der Waals surface area contributed by atoms with Crippen molar-refractivity contribution >= 4 is 39.2 Å². The molecule has 2 aromatic heterocycles. The summed E-state index contributed by atoms with van der Waals surface area (Å²) in [5, 5.41) is 5.19. The van der Waals surface area contributed by atoms with Crippen molar-refractivity contribution in [2.45, 2.75) is 6.92 Å². The molecule has 0 amide bonds. The van der Waals surface area contributed by atoms with Gasteiger partial charge in [-0.15, -0.1) is 0 Å². The van der Waals surface area contributed by atoms with Crippen LogP contribution in [-0.4, -0.2) is 44.9 Å². The molecule has 0 atom stereocenters. The first-order chi connectivity index (χ1) is 15.1. The van der Waals surface area contributed by atoms with Crippen LogP contribution in [0.15, 0.2) is 66.2 Å². The lowest BCUT2D eigenvalue weighted by Gasteiger charge is -2.37. The quantitative estimate of drug-likeness (QED) is 0.469. The zero-order chi connectivity index (χ0) is 21.4. The van der Waals surface area contributed by atoms with Crippen molar-refractivity contribution in [3.8, 4) is 5.69 Å². The second-order valence-electron chi connectivity index (χ2n) is 7.36. The molecule has 0 spiro atoms. The number of amidine groups is 1. The van der Waals surface area contributed by atoms with E-state index in [1.807, 2.05) is 48.3 Å². The topological polar surface area (TPSA) is 49.6 Å². The lowest BCUT2D eigenvalue weighted by Crippen LogP contribution is -2.48. The number of likely N-dealkylation sites (N-methyl/N-ethyl adjacent to an activating group) is 1. The molecule has 5 rings (SSSR count). The van der Waals surface area contributed by atoms with Crippen LogP contribution in [-0.2, 0) is 0 Å². The van der Waals surface area contributed by atoms with Gasteiger partial charge >= 0.3 is 0 Å². The fourth-order valence-electron chi connectivity index (χ4n) is 3.74. The number of hydrogen-bond acceptors (Lipinski definition) is 6. The van der Waals surface area contributed by atoms with E-state index in [-0.39, 0.29) is 5.82 Å². The summed E-state index contributed by atoms with van der Waals surface area (Å²) in [6.07, 6.45) is 9.84. The number of nitrogens with zero attached hydrogens (tertiary/aromatic N) is 6. The summed E-state index contributed by atoms with van der Waals surface area (Å²) in [7, 11) is 1.97. The number of hydrogen-bond donors (Lipinski definition) is 0. The lowest BCUT2D eigenvalue weighted by atomic mass is 10.1. The van der Waals surface area contributed by atoms with E-state index < -0.39 is 0 Å². The standard InChI is InChI=1S/C23H21FN6S/c1-16-14-29(15-26-16)21-9-3-17(20-13-27-31-23(20)21)4-10-22-25-11-12-30(28(22)2)19-7-5-18(24)6-8-19/h3-10,13-15H,11-12H2,1-2H3. The number of aryl methyl sites for hydroxylation is 1. The Bertz CT molecular complexity index is 1290. The van der Waals surface area contributed by atoms with Gasteiger partial charge in [-0.25, -0.2) is 9.37 Å². The third kappa shape index (κ3) is 3.70. The number of aromatic nitrogens is 3. The summed E-state index contributed by atoms with van der Waals surface area (Å²) in [6.45, 7) is 3.40. The minimum Gasteiger partial charge on any atom is -0.305 e. The molecule has 0 aliphatic carbocycles. The molecule has 6 nitrogen and oxygen atoms in total. The van der Waals surface area contributed by atoms with E-state index >= 15 is 0 Å². The molecular formula is C23H21FN6S. The van der Waals surface area contributed by atoms with Gasteiger partial charge in [0.15, 0.2) is 0 Å². The van der Waals surface area contributed by atoms with E-state index in [4.69, 9.17) is 0 Å². The average Bonchev–Trinajstić information content (AvgIpc) is 3.43. The summed E-state index contributed by atoms with van der Waals surface area (Å²) in [6, 6.07) is 10.7. The molecule has 0 fully saturated rings. The van der Waals surface area contributed by atoms with Crippen molar-refractivity contribution in [2.75, 3.05) is 25.1 Å². The maximum absolute atomic E-state index is 13.3. The second kappa shape index (κ2) is 7.96. The molecule has 1 aliphatic rings. The van der Waals surface area contributed by atoms with Crippen molar-refractivity contribution < 1.29 is 4.39 Å². The first kappa shape index (κ1) is 19.4. The first-order valence-corrected chi connectivity index (χ1v) is 10.7. The van der Waals surface area contributed by atoms with Crippen molar-refractivity contribution in [2.24, 2.45) is 4.99 Å². The molecule has 1 aliphatic heterocycles. The largest absolute Gasteiger partial charge is 0.305 e. The van der Waals surface area contributed by atoms with Crippen molar-refractivity contribution in [1.29, 1.82) is 0 Å². The average molecular weight is 433 g/mol. The van der Waals surface area contributed by atoms with Crippen LogP contribution in [0.2, 0.25) is 0 Å². The second-order valence-corrected chi connectivity index (χ2v) is 8.16. The Hall–Kier alpha value is -3.52. The molecule has 8 heteroatoms. The van der Waals surface area contributed by atoms with E-state index in [2.05, 4.69) is 37.6 Å². The number of rotatable bonds is 4. The number of anilines is 1. The van der Waals surface area contributed by atoms with E-state index in [0.29, 0.717) is 6.54 Å². The Balaban J connectivity index is 1.43. The number of imidazole rings is 1. The molecule has 0 bridgehead atoms. The molecule has 4 aromatic rings. The maximum atomic E-state index is 13.3. The summed E-state index contributed by atoms with van der Waals surface area (Å²) >= 11 is 1.48. The van der Waals surface area contributed by atoms with Crippen molar-refractivity contribution in [3.05, 3.63) is 78.3 Å². The van der Waals surface area contributed by atoms with Crippen LogP contribution >= 0.6 is 11.5 Å². The van der Waals surface area contributed by atoms with Crippen LogP contribution < -0.4 is 5.01 Å². The Morgan fingerprint density at radius 1 is 1.10 bits per heavy atom. The molecule has 156 valence electrons. The SMILES string of the molecule is Cc1cn(-c2ccc(C=CC3=NCCN(c4ccc(F)cc4)N3C)c3cnsc23)cn1. The van der Waals surface area contributed by atoms with Crippen LogP contribution in [0.1, 0.15) is 11.3 Å². The van der Waals surface area contributed by atoms with Crippen molar-refractivity contribution in [1.82, 2.24) is 18.9 Å². The van der Waals surface area contributed by atoms with Gasteiger partial charge in [-0.2, -0.15) is 4.37 Å². The Kier molecular flexibility index (Phi) is 4.99. The molecule has 0 radical (unpaired) electrons. The Labute approximate surface area is 183 Å². The summed E-state index contributed by atoms with van der Waals surface area (Å²) < 4.78 is 20.9. The highest BCUT2D eigenvalue weighted by Crippen LogP contribution is 2.30. The lowest BCUT2D eigenvalue weighted by molar-refractivity contribution is 0.440. The van der Waals surface area contributed by atoms with Gasteiger partial charge in [0, 0.05) is 24.8 Å². The maximum Gasteiger partial charge on any atom is 0.142 e. The minimum absolute atomic E-state index is 0.236. The molecule has 0 saturated carbocycles. The predicted molar refractivity (Wildman–Crippen MR) is 124 cm³/mol. The highest BCUT2D eigenvalue weighted by atomic mass is 32.1. The first-order valence-electron chi connectivity index (χ1n) is 9.98. The smallest absolute Gasteiger partial charge is 0.142 e. The molecule has 3 heterocycles. The van der Waals surface area contributed by atoms with Gasteiger partial charge < -0.3 is 4.57 Å². The normalized spacial score (nSPS) is 14.6. The highest BCUT2D eigenvalue weighted by Gasteiger charge is 2.19. The molecule has 0 saturated heterocycles. The third-order valence-corrected chi connectivity index (χ3v) is 6.16. The zero-order valence-electron chi connectivity index (χ0n) is 17.2. The monoisotopic (exact) mass is 432 g/mol. The Morgan fingerprint density at radius 2 is 1.94 bits per heavy atom.